The van der Waals surface area contributed by atoms with Crippen LogP contribution in [0.1, 0.15) is 44.1 Å². The molecular weight excluding hydrogens is 452 g/mol. The minimum absolute atomic E-state index is 0.0806. The highest BCUT2D eigenvalue weighted by atomic mass is 16.7. The van der Waals surface area contributed by atoms with E-state index in [2.05, 4.69) is 4.98 Å². The van der Waals surface area contributed by atoms with Crippen LogP contribution in [0.4, 0.5) is 5.82 Å². The van der Waals surface area contributed by atoms with E-state index in [0.717, 1.165) is 5.56 Å². The molecule has 184 valence electrons. The first-order chi connectivity index (χ1) is 16.5. The zero-order valence-corrected chi connectivity index (χ0v) is 20.1. The molecule has 0 saturated carbocycles. The summed E-state index contributed by atoms with van der Waals surface area (Å²) < 4.78 is 23.4. The van der Waals surface area contributed by atoms with Crippen LogP contribution in [0, 0.1) is 6.92 Å². The fourth-order valence-corrected chi connectivity index (χ4v) is 4.66. The molecule has 3 aromatic rings. The lowest BCUT2D eigenvalue weighted by molar-refractivity contribution is -0.166. The number of epoxide rings is 1. The molecule has 35 heavy (non-hydrogen) atoms. The topological polar surface area (TPSA) is 137 Å². The predicted molar refractivity (Wildman–Crippen MR) is 127 cm³/mol. The molecule has 9 nitrogen and oxygen atoms in total. The number of nitrogens with zero attached hydrogens (tertiary/aromatic N) is 1. The Morgan fingerprint density at radius 2 is 2.06 bits per heavy atom. The average Bonchev–Trinajstić information content (AvgIpc) is 3.44. The molecule has 0 unspecified atom stereocenters. The Balaban J connectivity index is 1.33. The highest BCUT2D eigenvalue weighted by Crippen LogP contribution is 2.45. The molecule has 1 aromatic carbocycles. The Bertz CT molecular complexity index is 1400. The zero-order chi connectivity index (χ0) is 25.1. The maximum atomic E-state index is 13.1. The van der Waals surface area contributed by atoms with Crippen molar-refractivity contribution in [1.29, 1.82) is 0 Å². The number of aromatic hydroxyl groups is 1. The molecule has 4 heterocycles. The summed E-state index contributed by atoms with van der Waals surface area (Å²) in [5.74, 6) is 0.571. The zero-order valence-electron chi connectivity index (χ0n) is 20.1. The van der Waals surface area contributed by atoms with Crippen LogP contribution in [0.5, 0.6) is 11.5 Å². The summed E-state index contributed by atoms with van der Waals surface area (Å²) in [6, 6.07) is 6.61. The summed E-state index contributed by atoms with van der Waals surface area (Å²) in [6.07, 6.45) is 2.16. The monoisotopic (exact) mass is 480 g/mol. The van der Waals surface area contributed by atoms with Crippen LogP contribution in [0.15, 0.2) is 39.7 Å². The van der Waals surface area contributed by atoms with Gasteiger partial charge < -0.3 is 29.5 Å². The second kappa shape index (κ2) is 7.98. The van der Waals surface area contributed by atoms with Crippen molar-refractivity contribution >= 4 is 22.8 Å². The highest BCUT2D eigenvalue weighted by molar-refractivity contribution is 5.87. The molecule has 2 aliphatic rings. The number of ether oxygens (including phenoxy) is 3. The third-order valence-corrected chi connectivity index (χ3v) is 6.86. The Morgan fingerprint density at radius 3 is 2.80 bits per heavy atom. The van der Waals surface area contributed by atoms with Gasteiger partial charge in [0, 0.05) is 30.3 Å². The summed E-state index contributed by atoms with van der Waals surface area (Å²) in [5, 5.41) is 11.0. The van der Waals surface area contributed by atoms with E-state index < -0.39 is 23.3 Å². The van der Waals surface area contributed by atoms with E-state index in [9.17, 15) is 14.7 Å². The molecule has 0 amide bonds. The molecule has 0 aliphatic carbocycles. The Morgan fingerprint density at radius 1 is 1.29 bits per heavy atom. The smallest absolute Gasteiger partial charge is 0.341 e. The third-order valence-electron chi connectivity index (χ3n) is 6.86. The Labute approximate surface area is 201 Å². The van der Waals surface area contributed by atoms with E-state index in [1.54, 1.807) is 32.2 Å². The van der Waals surface area contributed by atoms with Gasteiger partial charge in [-0.2, -0.15) is 0 Å². The van der Waals surface area contributed by atoms with Gasteiger partial charge in [0.1, 0.15) is 45.8 Å². The van der Waals surface area contributed by atoms with Crippen LogP contribution in [-0.4, -0.2) is 39.5 Å². The molecule has 2 aromatic heterocycles. The molecule has 0 spiro atoms. The Kier molecular flexibility index (Phi) is 5.28. The second-order valence-electron chi connectivity index (χ2n) is 9.94. The second-order valence-corrected chi connectivity index (χ2v) is 9.94. The fourth-order valence-electron chi connectivity index (χ4n) is 4.66. The number of nitrogen functional groups attached to an aromatic ring is 1. The SMILES string of the molecule is Cc1cc(=O)c2c(O)c3c(cc2o1)OC(C)(C)[C@H](OC(=O)[C@@]1(C)O[C@@H]1CCc1ccnc(N)c1)C3. The van der Waals surface area contributed by atoms with Crippen molar-refractivity contribution in [3.63, 3.8) is 0 Å². The van der Waals surface area contributed by atoms with Crippen LogP contribution in [-0.2, 0) is 27.1 Å². The van der Waals surface area contributed by atoms with Gasteiger partial charge in [0.05, 0.1) is 6.10 Å². The number of carbonyl (C=O) groups is 1. The molecule has 0 radical (unpaired) electrons. The molecule has 2 aliphatic heterocycles. The van der Waals surface area contributed by atoms with Crippen molar-refractivity contribution in [3.05, 3.63) is 57.6 Å². The maximum absolute atomic E-state index is 13.1. The van der Waals surface area contributed by atoms with E-state index in [1.165, 1.54) is 6.07 Å². The van der Waals surface area contributed by atoms with Crippen molar-refractivity contribution < 1.29 is 28.5 Å². The number of esters is 1. The number of benzene rings is 1. The largest absolute Gasteiger partial charge is 0.507 e. The molecule has 1 saturated heterocycles. The van der Waals surface area contributed by atoms with Crippen molar-refractivity contribution in [2.24, 2.45) is 0 Å². The number of pyridine rings is 1. The average molecular weight is 481 g/mol. The van der Waals surface area contributed by atoms with E-state index >= 15 is 0 Å². The number of aryl methyl sites for hydroxylation is 2. The quantitative estimate of drug-likeness (QED) is 0.416. The number of rotatable bonds is 5. The van der Waals surface area contributed by atoms with Crippen LogP contribution in [0.3, 0.4) is 0 Å². The fraction of sp³-hybridized carbons (Fsp3) is 0.423. The van der Waals surface area contributed by atoms with Gasteiger partial charge in [-0.15, -0.1) is 0 Å². The summed E-state index contributed by atoms with van der Waals surface area (Å²) >= 11 is 0. The van der Waals surface area contributed by atoms with E-state index in [1.807, 2.05) is 19.9 Å². The number of carbonyl (C=O) groups excluding carboxylic acids is 1. The first kappa shape index (κ1) is 23.2. The molecule has 3 N–H and O–H groups in total. The highest BCUT2D eigenvalue weighted by Gasteiger charge is 2.60. The number of aromatic nitrogens is 1. The standard InChI is InChI=1S/C26H28N2O7/c1-13-9-16(29)22-18(32-13)12-17-15(23(22)30)11-20(25(2,3)34-17)33-24(31)26(4)19(35-26)6-5-14-7-8-28-21(27)10-14/h7-10,12,19-20,30H,5-6,11H2,1-4H3,(H2,27,28)/t19-,20-,26+/m1/s1. The van der Waals surface area contributed by atoms with Crippen LogP contribution >= 0.6 is 0 Å². The van der Waals surface area contributed by atoms with Gasteiger partial charge in [0.2, 0.25) is 0 Å². The lowest BCUT2D eigenvalue weighted by Gasteiger charge is -2.39. The minimum Gasteiger partial charge on any atom is -0.507 e. The number of hydrogen-bond donors (Lipinski definition) is 2. The maximum Gasteiger partial charge on any atom is 0.341 e. The number of phenolic OH excluding ortho intramolecular Hbond substituents is 1. The van der Waals surface area contributed by atoms with Crippen molar-refractivity contribution in [1.82, 2.24) is 4.98 Å². The number of fused-ring (bicyclic) bond motifs is 2. The van der Waals surface area contributed by atoms with E-state index in [0.29, 0.717) is 35.7 Å². The number of phenols is 1. The lowest BCUT2D eigenvalue weighted by Crippen LogP contribution is -2.50. The van der Waals surface area contributed by atoms with Gasteiger partial charge in [-0.3, -0.25) is 4.79 Å². The first-order valence-electron chi connectivity index (χ1n) is 11.6. The summed E-state index contributed by atoms with van der Waals surface area (Å²) in [7, 11) is 0. The van der Waals surface area contributed by atoms with Gasteiger partial charge in [0.15, 0.2) is 11.0 Å². The van der Waals surface area contributed by atoms with Gasteiger partial charge >= 0.3 is 5.97 Å². The van der Waals surface area contributed by atoms with Crippen molar-refractivity contribution in [3.8, 4) is 11.5 Å². The number of nitrogens with two attached hydrogens (primary N) is 1. The van der Waals surface area contributed by atoms with E-state index in [4.69, 9.17) is 24.4 Å². The lowest BCUT2D eigenvalue weighted by atomic mass is 9.89. The molecule has 9 heteroatoms. The van der Waals surface area contributed by atoms with Gasteiger partial charge in [-0.25, -0.2) is 9.78 Å². The number of anilines is 1. The summed E-state index contributed by atoms with van der Waals surface area (Å²) in [6.45, 7) is 6.99. The van der Waals surface area contributed by atoms with Crippen LogP contribution in [0.25, 0.3) is 11.0 Å². The third kappa shape index (κ3) is 4.10. The van der Waals surface area contributed by atoms with Crippen LogP contribution < -0.4 is 15.9 Å². The normalized spacial score (nSPS) is 24.5. The first-order valence-corrected chi connectivity index (χ1v) is 11.6. The molecule has 0 bridgehead atoms. The summed E-state index contributed by atoms with van der Waals surface area (Å²) in [4.78, 5) is 29.6. The molecule has 1 fully saturated rings. The number of hydrogen-bond acceptors (Lipinski definition) is 9. The molecule has 5 rings (SSSR count). The van der Waals surface area contributed by atoms with Crippen molar-refractivity contribution in [2.75, 3.05) is 5.73 Å². The van der Waals surface area contributed by atoms with Crippen LogP contribution in [0.2, 0.25) is 0 Å². The van der Waals surface area contributed by atoms with E-state index in [-0.39, 0.29) is 34.7 Å². The molecule has 3 atom stereocenters. The minimum atomic E-state index is -1.06. The molecular formula is C26H28N2O7. The van der Waals surface area contributed by atoms with Crippen molar-refractivity contribution in [2.45, 2.75) is 70.4 Å². The Hall–Kier alpha value is -3.59. The predicted octanol–water partition coefficient (Wildman–Crippen LogP) is 3.20. The van der Waals surface area contributed by atoms with Gasteiger partial charge in [0.25, 0.3) is 0 Å². The van der Waals surface area contributed by atoms with Gasteiger partial charge in [-0.05, 0) is 58.2 Å². The summed E-state index contributed by atoms with van der Waals surface area (Å²) in [5.41, 5.74) is 5.11. The van der Waals surface area contributed by atoms with Gasteiger partial charge in [-0.1, -0.05) is 0 Å².